The van der Waals surface area contributed by atoms with Crippen molar-refractivity contribution in [2.75, 3.05) is 6.16 Å². The molecule has 0 radical (unpaired) electrons. The van der Waals surface area contributed by atoms with Crippen molar-refractivity contribution < 1.29 is 4.57 Å². The Labute approximate surface area is 104 Å². The van der Waals surface area contributed by atoms with Crippen LogP contribution in [0.25, 0.3) is 0 Å². The van der Waals surface area contributed by atoms with Crippen LogP contribution in [0.15, 0.2) is 0 Å². The summed E-state index contributed by atoms with van der Waals surface area (Å²) in [5.74, 6) is 0.878. The molecule has 0 aromatic rings. The van der Waals surface area contributed by atoms with Crippen LogP contribution in [0.3, 0.4) is 0 Å². The second-order valence-electron chi connectivity index (χ2n) is 5.32. The van der Waals surface area contributed by atoms with Crippen molar-refractivity contribution >= 4 is 8.46 Å². The lowest BCUT2D eigenvalue weighted by atomic mass is 10.0. The molecule has 1 unspecified atom stereocenters. The number of rotatable bonds is 12. The predicted octanol–water partition coefficient (Wildman–Crippen LogP) is 5.30. The molecule has 0 saturated carbocycles. The molecule has 2 heteroatoms. The zero-order chi connectivity index (χ0) is 12.1. The van der Waals surface area contributed by atoms with Crippen LogP contribution in [0.1, 0.15) is 78.1 Å². The lowest BCUT2D eigenvalue weighted by Crippen LogP contribution is -1.87. The van der Waals surface area contributed by atoms with Crippen molar-refractivity contribution in [3.05, 3.63) is 0 Å². The van der Waals surface area contributed by atoms with Gasteiger partial charge in [0.2, 0.25) is 0 Å². The second-order valence-corrected chi connectivity index (χ2v) is 6.23. The van der Waals surface area contributed by atoms with Gasteiger partial charge in [-0.05, 0) is 18.5 Å². The summed E-state index contributed by atoms with van der Waals surface area (Å²) in [6.45, 7) is 4.62. The molecular formula is C14H31OP. The summed E-state index contributed by atoms with van der Waals surface area (Å²) in [7, 11) is -0.489. The van der Waals surface area contributed by atoms with Crippen LogP contribution in [0, 0.1) is 5.92 Å². The van der Waals surface area contributed by atoms with E-state index in [9.17, 15) is 4.57 Å². The molecule has 0 heterocycles. The highest BCUT2D eigenvalue weighted by Crippen LogP contribution is 2.13. The highest BCUT2D eigenvalue weighted by molar-refractivity contribution is 7.23. The molecule has 0 aromatic carbocycles. The molecule has 0 N–H and O–H groups in total. The van der Waals surface area contributed by atoms with Gasteiger partial charge in [0.25, 0.3) is 0 Å². The summed E-state index contributed by atoms with van der Waals surface area (Å²) < 4.78 is 10.3. The van der Waals surface area contributed by atoms with E-state index in [1.165, 1.54) is 64.2 Å². The van der Waals surface area contributed by atoms with Gasteiger partial charge in [-0.15, -0.1) is 0 Å². The normalized spacial score (nSPS) is 11.9. The highest BCUT2D eigenvalue weighted by atomic mass is 31.1. The summed E-state index contributed by atoms with van der Waals surface area (Å²) >= 11 is 0. The van der Waals surface area contributed by atoms with Crippen LogP contribution in [0.5, 0.6) is 0 Å². The zero-order valence-corrected chi connectivity index (χ0v) is 12.5. The van der Waals surface area contributed by atoms with E-state index >= 15 is 0 Å². The molecule has 0 amide bonds. The first-order valence-corrected chi connectivity index (χ1v) is 8.49. The van der Waals surface area contributed by atoms with Gasteiger partial charge in [0.05, 0.1) is 8.46 Å². The standard InChI is InChI=1S/C14H31OP/c1-14(2)12-10-8-6-4-3-5-7-9-11-13-16-15/h14H,3-13,16H2,1-2H3. The number of unbranched alkanes of at least 4 members (excludes halogenated alkanes) is 8. The quantitative estimate of drug-likeness (QED) is 0.337. The number of hydrogen-bond acceptors (Lipinski definition) is 1. The fourth-order valence-electron chi connectivity index (χ4n) is 2.02. The summed E-state index contributed by atoms with van der Waals surface area (Å²) in [4.78, 5) is 0. The van der Waals surface area contributed by atoms with Crippen LogP contribution in [-0.2, 0) is 4.57 Å². The Hall–Kier alpha value is 0.230. The van der Waals surface area contributed by atoms with Crippen LogP contribution < -0.4 is 0 Å². The topological polar surface area (TPSA) is 17.1 Å². The van der Waals surface area contributed by atoms with E-state index in [4.69, 9.17) is 0 Å². The molecule has 0 aliphatic rings. The van der Waals surface area contributed by atoms with Gasteiger partial charge >= 0.3 is 0 Å². The fraction of sp³-hybridized carbons (Fsp3) is 1.00. The molecule has 16 heavy (non-hydrogen) atoms. The summed E-state index contributed by atoms with van der Waals surface area (Å²) in [6, 6.07) is 0. The van der Waals surface area contributed by atoms with E-state index in [2.05, 4.69) is 13.8 Å². The molecule has 0 fully saturated rings. The Bertz CT molecular complexity index is 146. The molecule has 0 bridgehead atoms. The minimum Gasteiger partial charge on any atom is -0.330 e. The monoisotopic (exact) mass is 246 g/mol. The minimum atomic E-state index is -0.489. The lowest BCUT2D eigenvalue weighted by Gasteiger charge is -2.04. The lowest BCUT2D eigenvalue weighted by molar-refractivity contribution is 0.507. The van der Waals surface area contributed by atoms with Gasteiger partial charge in [-0.25, -0.2) is 0 Å². The van der Waals surface area contributed by atoms with Gasteiger partial charge < -0.3 is 4.57 Å². The van der Waals surface area contributed by atoms with E-state index in [1.54, 1.807) is 0 Å². The second kappa shape index (κ2) is 13.3. The van der Waals surface area contributed by atoms with Crippen molar-refractivity contribution in [2.24, 2.45) is 5.92 Å². The van der Waals surface area contributed by atoms with Gasteiger partial charge in [0.15, 0.2) is 0 Å². The van der Waals surface area contributed by atoms with Crippen molar-refractivity contribution in [1.29, 1.82) is 0 Å². The largest absolute Gasteiger partial charge is 0.330 e. The van der Waals surface area contributed by atoms with Gasteiger partial charge in [-0.3, -0.25) is 0 Å². The molecule has 0 saturated heterocycles. The van der Waals surface area contributed by atoms with Crippen LogP contribution >= 0.6 is 8.46 Å². The molecule has 0 rings (SSSR count). The molecular weight excluding hydrogens is 215 g/mol. The third-order valence-corrected chi connectivity index (χ3v) is 3.75. The summed E-state index contributed by atoms with van der Waals surface area (Å²) in [5.41, 5.74) is 0. The minimum absolute atomic E-state index is 0.489. The first kappa shape index (κ1) is 16.2. The maximum absolute atomic E-state index is 10.3. The third kappa shape index (κ3) is 14.2. The summed E-state index contributed by atoms with van der Waals surface area (Å²) in [5, 5.41) is 0. The first-order chi connectivity index (χ1) is 7.77. The molecule has 98 valence electrons. The Balaban J connectivity index is 2.90. The van der Waals surface area contributed by atoms with Gasteiger partial charge in [-0.2, -0.15) is 0 Å². The maximum Gasteiger partial charge on any atom is 0.0645 e. The van der Waals surface area contributed by atoms with Crippen molar-refractivity contribution in [1.82, 2.24) is 0 Å². The van der Waals surface area contributed by atoms with Crippen molar-refractivity contribution in [3.63, 3.8) is 0 Å². The first-order valence-electron chi connectivity index (χ1n) is 7.21. The smallest absolute Gasteiger partial charge is 0.0645 e. The Morgan fingerprint density at radius 2 is 1.19 bits per heavy atom. The van der Waals surface area contributed by atoms with E-state index in [-0.39, 0.29) is 0 Å². The van der Waals surface area contributed by atoms with E-state index in [0.29, 0.717) is 0 Å². The fourth-order valence-corrected chi connectivity index (χ4v) is 2.47. The molecule has 1 atom stereocenters. The van der Waals surface area contributed by atoms with Crippen LogP contribution in [0.2, 0.25) is 0 Å². The number of hydrogen-bond donors (Lipinski definition) is 0. The Morgan fingerprint density at radius 3 is 1.62 bits per heavy atom. The predicted molar refractivity (Wildman–Crippen MR) is 76.3 cm³/mol. The van der Waals surface area contributed by atoms with Crippen LogP contribution in [0.4, 0.5) is 0 Å². The van der Waals surface area contributed by atoms with Gasteiger partial charge in [-0.1, -0.05) is 71.6 Å². The van der Waals surface area contributed by atoms with E-state index in [0.717, 1.165) is 12.1 Å². The molecule has 0 aliphatic heterocycles. The zero-order valence-electron chi connectivity index (χ0n) is 11.3. The average Bonchev–Trinajstić information content (AvgIpc) is 2.25. The van der Waals surface area contributed by atoms with E-state index < -0.39 is 8.46 Å². The molecule has 0 spiro atoms. The van der Waals surface area contributed by atoms with Crippen molar-refractivity contribution in [3.8, 4) is 0 Å². The molecule has 1 nitrogen and oxygen atoms in total. The van der Waals surface area contributed by atoms with Gasteiger partial charge in [0.1, 0.15) is 0 Å². The highest BCUT2D eigenvalue weighted by Gasteiger charge is 1.95. The van der Waals surface area contributed by atoms with Crippen LogP contribution in [-0.4, -0.2) is 6.16 Å². The molecule has 0 aliphatic carbocycles. The Kier molecular flexibility index (Phi) is 13.5. The maximum atomic E-state index is 10.3. The Morgan fingerprint density at radius 1 is 0.750 bits per heavy atom. The molecule has 0 aromatic heterocycles. The van der Waals surface area contributed by atoms with Gasteiger partial charge in [0, 0.05) is 0 Å². The average molecular weight is 246 g/mol. The third-order valence-electron chi connectivity index (χ3n) is 3.10. The van der Waals surface area contributed by atoms with E-state index in [1.807, 2.05) is 0 Å². The SMILES string of the molecule is CC(C)CCCCCCCCCCC[PH2]=O. The van der Waals surface area contributed by atoms with Crippen molar-refractivity contribution in [2.45, 2.75) is 78.1 Å². The summed E-state index contributed by atoms with van der Waals surface area (Å²) in [6.07, 6.45) is 14.7.